The van der Waals surface area contributed by atoms with Gasteiger partial charge in [-0.2, -0.15) is 0 Å². The summed E-state index contributed by atoms with van der Waals surface area (Å²) in [6.07, 6.45) is 5.33. The maximum absolute atomic E-state index is 11.3. The van der Waals surface area contributed by atoms with Crippen LogP contribution in [-0.4, -0.2) is 22.6 Å². The van der Waals surface area contributed by atoms with Crippen molar-refractivity contribution in [3.8, 4) is 0 Å². The molecule has 0 bridgehead atoms. The smallest absolute Gasteiger partial charge is 0.360 e. The molecule has 1 saturated carbocycles. The van der Waals surface area contributed by atoms with Crippen molar-refractivity contribution in [1.29, 1.82) is 0 Å². The summed E-state index contributed by atoms with van der Waals surface area (Å²) in [5, 5.41) is 0. The van der Waals surface area contributed by atoms with Crippen molar-refractivity contribution >= 4 is 11.8 Å². The van der Waals surface area contributed by atoms with E-state index in [4.69, 9.17) is 5.73 Å². The highest BCUT2D eigenvalue weighted by molar-refractivity contribution is 5.92. The highest BCUT2D eigenvalue weighted by Gasteiger charge is 2.26. The first-order valence-electron chi connectivity index (χ1n) is 5.54. The molecule has 2 N–H and O–H groups in total. The van der Waals surface area contributed by atoms with Crippen LogP contribution >= 0.6 is 0 Å². The van der Waals surface area contributed by atoms with Gasteiger partial charge in [0, 0.05) is 6.04 Å². The summed E-state index contributed by atoms with van der Waals surface area (Å²) in [7, 11) is 1.33. The molecule has 88 valence electrons. The summed E-state index contributed by atoms with van der Waals surface area (Å²) in [5.41, 5.74) is 6.09. The summed E-state index contributed by atoms with van der Waals surface area (Å²) >= 11 is 0. The summed E-state index contributed by atoms with van der Waals surface area (Å²) in [6, 6.07) is 0.290. The van der Waals surface area contributed by atoms with Crippen molar-refractivity contribution < 1.29 is 9.53 Å². The molecule has 1 heterocycles. The van der Waals surface area contributed by atoms with Crippen LogP contribution in [0.4, 0.5) is 5.82 Å². The van der Waals surface area contributed by atoms with Crippen LogP contribution in [0, 0.1) is 5.92 Å². The molecule has 1 fully saturated rings. The number of aromatic nitrogens is 2. The van der Waals surface area contributed by atoms with E-state index < -0.39 is 5.97 Å². The van der Waals surface area contributed by atoms with Gasteiger partial charge in [-0.15, -0.1) is 0 Å². The number of nitrogen functional groups attached to an aromatic ring is 1. The molecule has 1 aliphatic rings. The van der Waals surface area contributed by atoms with Crippen LogP contribution in [0.2, 0.25) is 0 Å². The van der Waals surface area contributed by atoms with Crippen LogP contribution in [0.5, 0.6) is 0 Å². The number of anilines is 1. The van der Waals surface area contributed by atoms with E-state index in [0.29, 0.717) is 11.9 Å². The number of hydrogen-bond acceptors (Lipinski definition) is 4. The number of esters is 1. The third-order valence-electron chi connectivity index (χ3n) is 3.06. The number of methoxy groups -OCH3 is 1. The van der Waals surface area contributed by atoms with E-state index in [1.807, 2.05) is 4.57 Å². The van der Waals surface area contributed by atoms with Gasteiger partial charge in [-0.25, -0.2) is 9.78 Å². The molecule has 0 aromatic carbocycles. The molecule has 0 saturated heterocycles. The molecule has 1 aromatic heterocycles. The Morgan fingerprint density at radius 1 is 1.75 bits per heavy atom. The average molecular weight is 223 g/mol. The molecule has 5 nitrogen and oxygen atoms in total. The maximum Gasteiger partial charge on any atom is 0.360 e. The Morgan fingerprint density at radius 3 is 3.00 bits per heavy atom. The zero-order chi connectivity index (χ0) is 11.7. The fraction of sp³-hybridized carbons (Fsp3) is 0.636. The van der Waals surface area contributed by atoms with E-state index in [0.717, 1.165) is 12.3 Å². The minimum Gasteiger partial charge on any atom is -0.464 e. The second kappa shape index (κ2) is 4.15. The van der Waals surface area contributed by atoms with Crippen LogP contribution in [0.25, 0.3) is 0 Å². The van der Waals surface area contributed by atoms with Crippen LogP contribution in [0.1, 0.15) is 42.7 Å². The van der Waals surface area contributed by atoms with Crippen molar-refractivity contribution in [2.45, 2.75) is 32.2 Å². The lowest BCUT2D eigenvalue weighted by Gasteiger charge is -2.14. The number of rotatable bonds is 4. The fourth-order valence-corrected chi connectivity index (χ4v) is 1.93. The first-order chi connectivity index (χ1) is 7.63. The van der Waals surface area contributed by atoms with Crippen LogP contribution < -0.4 is 5.73 Å². The maximum atomic E-state index is 11.3. The Kier molecular flexibility index (Phi) is 2.85. The van der Waals surface area contributed by atoms with Crippen molar-refractivity contribution in [3.05, 3.63) is 12.0 Å². The number of nitrogens with zero attached hydrogens (tertiary/aromatic N) is 2. The van der Waals surface area contributed by atoms with Crippen molar-refractivity contribution in [2.75, 3.05) is 12.8 Å². The van der Waals surface area contributed by atoms with E-state index in [9.17, 15) is 4.79 Å². The SMILES string of the molecule is COC(=O)c1ncn(C(C)CC2CC2)c1N. The zero-order valence-corrected chi connectivity index (χ0v) is 9.64. The minimum absolute atomic E-state index is 0.213. The van der Waals surface area contributed by atoms with Crippen LogP contribution in [-0.2, 0) is 4.74 Å². The topological polar surface area (TPSA) is 70.1 Å². The van der Waals surface area contributed by atoms with Gasteiger partial charge in [-0.3, -0.25) is 0 Å². The molecule has 1 aromatic rings. The van der Waals surface area contributed by atoms with Gasteiger partial charge in [-0.05, 0) is 19.3 Å². The highest BCUT2D eigenvalue weighted by Crippen LogP contribution is 2.37. The summed E-state index contributed by atoms with van der Waals surface area (Å²) in [5.74, 6) is 0.744. The number of carbonyl (C=O) groups is 1. The molecule has 0 amide bonds. The van der Waals surface area contributed by atoms with Gasteiger partial charge in [0.2, 0.25) is 0 Å². The third-order valence-corrected chi connectivity index (χ3v) is 3.06. The summed E-state index contributed by atoms with van der Waals surface area (Å²) in [4.78, 5) is 15.3. The predicted molar refractivity (Wildman–Crippen MR) is 60.0 cm³/mol. The molecular weight excluding hydrogens is 206 g/mol. The quantitative estimate of drug-likeness (QED) is 0.787. The molecule has 0 aliphatic heterocycles. The number of nitrogens with two attached hydrogens (primary N) is 1. The molecule has 5 heteroatoms. The van der Waals surface area contributed by atoms with Gasteiger partial charge in [0.1, 0.15) is 5.82 Å². The van der Waals surface area contributed by atoms with E-state index in [-0.39, 0.29) is 5.69 Å². The molecule has 16 heavy (non-hydrogen) atoms. The normalized spacial score (nSPS) is 17.1. The molecule has 2 rings (SSSR count). The molecule has 0 spiro atoms. The van der Waals surface area contributed by atoms with Crippen LogP contribution in [0.3, 0.4) is 0 Å². The van der Waals surface area contributed by atoms with E-state index >= 15 is 0 Å². The lowest BCUT2D eigenvalue weighted by atomic mass is 10.1. The molecule has 1 atom stereocenters. The van der Waals surface area contributed by atoms with Crippen molar-refractivity contribution in [2.24, 2.45) is 5.92 Å². The number of imidazole rings is 1. The Balaban J connectivity index is 2.14. The number of carbonyl (C=O) groups excluding carboxylic acids is 1. The van der Waals surface area contributed by atoms with Crippen molar-refractivity contribution in [1.82, 2.24) is 9.55 Å². The second-order valence-electron chi connectivity index (χ2n) is 4.41. The van der Waals surface area contributed by atoms with Gasteiger partial charge in [0.25, 0.3) is 0 Å². The van der Waals surface area contributed by atoms with Gasteiger partial charge in [0.05, 0.1) is 13.4 Å². The molecule has 0 radical (unpaired) electrons. The summed E-state index contributed by atoms with van der Waals surface area (Å²) < 4.78 is 6.46. The molecule has 1 unspecified atom stereocenters. The van der Waals surface area contributed by atoms with E-state index in [1.165, 1.54) is 20.0 Å². The number of ether oxygens (including phenoxy) is 1. The fourth-order valence-electron chi connectivity index (χ4n) is 1.93. The van der Waals surface area contributed by atoms with Gasteiger partial charge < -0.3 is 15.0 Å². The monoisotopic (exact) mass is 223 g/mol. The zero-order valence-electron chi connectivity index (χ0n) is 9.64. The average Bonchev–Trinajstić information content (AvgIpc) is 2.98. The third kappa shape index (κ3) is 2.03. The van der Waals surface area contributed by atoms with Crippen LogP contribution in [0.15, 0.2) is 6.33 Å². The minimum atomic E-state index is -0.477. The largest absolute Gasteiger partial charge is 0.464 e. The summed E-state index contributed by atoms with van der Waals surface area (Å²) in [6.45, 7) is 2.09. The lowest BCUT2D eigenvalue weighted by molar-refractivity contribution is 0.0596. The predicted octanol–water partition coefficient (Wildman–Crippen LogP) is 1.61. The number of hydrogen-bond donors (Lipinski definition) is 1. The first kappa shape index (κ1) is 11.0. The molecular formula is C11H17N3O2. The Hall–Kier alpha value is -1.52. The second-order valence-corrected chi connectivity index (χ2v) is 4.41. The van der Waals surface area contributed by atoms with Gasteiger partial charge in [0.15, 0.2) is 5.69 Å². The van der Waals surface area contributed by atoms with Crippen molar-refractivity contribution in [3.63, 3.8) is 0 Å². The van der Waals surface area contributed by atoms with E-state index in [1.54, 1.807) is 6.33 Å². The first-order valence-corrected chi connectivity index (χ1v) is 5.54. The Labute approximate surface area is 94.6 Å². The highest BCUT2D eigenvalue weighted by atomic mass is 16.5. The Bertz CT molecular complexity index is 396. The lowest BCUT2D eigenvalue weighted by Crippen LogP contribution is -2.11. The van der Waals surface area contributed by atoms with E-state index in [2.05, 4.69) is 16.6 Å². The standard InChI is InChI=1S/C11H17N3O2/c1-7(5-8-3-4-8)14-6-13-9(10(14)12)11(15)16-2/h6-8H,3-5,12H2,1-2H3. The Morgan fingerprint density at radius 2 is 2.44 bits per heavy atom. The van der Waals surface area contributed by atoms with Gasteiger partial charge >= 0.3 is 5.97 Å². The molecule has 1 aliphatic carbocycles. The van der Waals surface area contributed by atoms with Gasteiger partial charge in [-0.1, -0.05) is 12.8 Å².